The van der Waals surface area contributed by atoms with Crippen LogP contribution >= 0.6 is 0 Å². The van der Waals surface area contributed by atoms with E-state index in [4.69, 9.17) is 9.40 Å². The minimum Gasteiger partial charge on any atom is -0.436 e. The van der Waals surface area contributed by atoms with Crippen molar-refractivity contribution < 1.29 is 4.42 Å². The maximum absolute atomic E-state index is 6.14. The number of nitrogens with zero attached hydrogens (tertiary/aromatic N) is 1. The molecule has 0 unspecified atom stereocenters. The largest absolute Gasteiger partial charge is 0.436 e. The molecule has 0 aliphatic heterocycles. The lowest BCUT2D eigenvalue weighted by molar-refractivity contribution is 0.584. The minimum atomic E-state index is 0.0864. The third kappa shape index (κ3) is 2.96. The molecule has 0 bridgehead atoms. The Hall–Kier alpha value is -2.87. The van der Waals surface area contributed by atoms with Crippen molar-refractivity contribution in [1.82, 2.24) is 4.98 Å². The quantitative estimate of drug-likeness (QED) is 0.422. The van der Waals surface area contributed by atoms with Crippen LogP contribution in [0.25, 0.3) is 33.7 Å². The van der Waals surface area contributed by atoms with Crippen molar-refractivity contribution >= 4 is 11.1 Å². The first-order valence-electron chi connectivity index (χ1n) is 8.58. The van der Waals surface area contributed by atoms with Gasteiger partial charge in [-0.05, 0) is 40.3 Å². The topological polar surface area (TPSA) is 26.0 Å². The van der Waals surface area contributed by atoms with Gasteiger partial charge < -0.3 is 4.42 Å². The van der Waals surface area contributed by atoms with Gasteiger partial charge in [0.15, 0.2) is 5.58 Å². The van der Waals surface area contributed by atoms with Crippen LogP contribution < -0.4 is 0 Å². The highest BCUT2D eigenvalue weighted by molar-refractivity contribution is 5.84. The number of hydrogen-bond acceptors (Lipinski definition) is 2. The van der Waals surface area contributed by atoms with Crippen molar-refractivity contribution in [1.29, 1.82) is 0 Å². The molecule has 3 aromatic carbocycles. The monoisotopic (exact) mass is 327 g/mol. The molecule has 2 heteroatoms. The van der Waals surface area contributed by atoms with E-state index in [0.717, 1.165) is 27.8 Å². The summed E-state index contributed by atoms with van der Waals surface area (Å²) in [7, 11) is 0. The zero-order valence-corrected chi connectivity index (χ0v) is 14.8. The molecule has 4 aromatic rings. The van der Waals surface area contributed by atoms with E-state index in [1.165, 1.54) is 5.56 Å². The Bertz CT molecular complexity index is 1020. The summed E-state index contributed by atoms with van der Waals surface area (Å²) >= 11 is 0. The lowest BCUT2D eigenvalue weighted by Gasteiger charge is -2.18. The zero-order valence-electron chi connectivity index (χ0n) is 14.8. The molecule has 25 heavy (non-hydrogen) atoms. The Morgan fingerprint density at radius 3 is 2.16 bits per heavy atom. The van der Waals surface area contributed by atoms with Gasteiger partial charge in [0.1, 0.15) is 5.52 Å². The summed E-state index contributed by atoms with van der Waals surface area (Å²) in [5, 5.41) is 0. The molecule has 0 atom stereocenters. The van der Waals surface area contributed by atoms with Crippen LogP contribution in [0.15, 0.2) is 77.2 Å². The Balaban J connectivity index is 1.86. The van der Waals surface area contributed by atoms with Gasteiger partial charge in [-0.1, -0.05) is 75.4 Å². The van der Waals surface area contributed by atoms with E-state index in [2.05, 4.69) is 57.2 Å². The number of rotatable bonds is 2. The highest BCUT2D eigenvalue weighted by Crippen LogP contribution is 2.34. The van der Waals surface area contributed by atoms with Crippen LogP contribution in [0.2, 0.25) is 0 Å². The van der Waals surface area contributed by atoms with Crippen LogP contribution in [0.3, 0.4) is 0 Å². The second-order valence-electron chi connectivity index (χ2n) is 7.36. The molecule has 0 aliphatic carbocycles. The molecule has 0 fully saturated rings. The normalized spacial score (nSPS) is 11.8. The molecule has 0 saturated carbocycles. The highest BCUT2D eigenvalue weighted by Gasteiger charge is 2.17. The van der Waals surface area contributed by atoms with Crippen LogP contribution in [-0.2, 0) is 5.41 Å². The van der Waals surface area contributed by atoms with E-state index >= 15 is 0 Å². The molecule has 1 aromatic heterocycles. The second kappa shape index (κ2) is 5.89. The first kappa shape index (κ1) is 15.6. The van der Waals surface area contributed by atoms with Crippen molar-refractivity contribution in [2.75, 3.05) is 0 Å². The van der Waals surface area contributed by atoms with E-state index in [1.807, 2.05) is 36.4 Å². The molecule has 2 nitrogen and oxygen atoms in total. The van der Waals surface area contributed by atoms with Gasteiger partial charge in [-0.3, -0.25) is 0 Å². The van der Waals surface area contributed by atoms with Crippen LogP contribution in [0, 0.1) is 0 Å². The lowest BCUT2D eigenvalue weighted by Crippen LogP contribution is -2.10. The van der Waals surface area contributed by atoms with Crippen LogP contribution in [0.4, 0.5) is 0 Å². The summed E-state index contributed by atoms with van der Waals surface area (Å²) in [6, 6.07) is 24.9. The molecular formula is C23H21NO. The Kier molecular flexibility index (Phi) is 3.69. The molecule has 0 amide bonds. The summed E-state index contributed by atoms with van der Waals surface area (Å²) in [4.78, 5) is 4.73. The fourth-order valence-electron chi connectivity index (χ4n) is 3.05. The Morgan fingerprint density at radius 2 is 1.44 bits per heavy atom. The summed E-state index contributed by atoms with van der Waals surface area (Å²) in [5.41, 5.74) is 6.38. The number of fused-ring (bicyclic) bond motifs is 1. The third-order valence-electron chi connectivity index (χ3n) is 4.50. The van der Waals surface area contributed by atoms with Crippen molar-refractivity contribution in [2.24, 2.45) is 0 Å². The molecule has 1 heterocycles. The fourth-order valence-corrected chi connectivity index (χ4v) is 3.05. The molecule has 0 saturated heterocycles. The summed E-state index contributed by atoms with van der Waals surface area (Å²) in [6.07, 6.45) is 0. The molecule has 0 N–H and O–H groups in total. The van der Waals surface area contributed by atoms with E-state index in [0.29, 0.717) is 5.89 Å². The zero-order chi connectivity index (χ0) is 17.4. The maximum atomic E-state index is 6.14. The molecule has 0 spiro atoms. The van der Waals surface area contributed by atoms with Gasteiger partial charge >= 0.3 is 0 Å². The second-order valence-corrected chi connectivity index (χ2v) is 7.36. The Morgan fingerprint density at radius 1 is 0.760 bits per heavy atom. The van der Waals surface area contributed by atoms with E-state index in [9.17, 15) is 0 Å². The van der Waals surface area contributed by atoms with Crippen molar-refractivity contribution in [3.63, 3.8) is 0 Å². The average Bonchev–Trinajstić information content (AvgIpc) is 3.05. The summed E-state index contributed by atoms with van der Waals surface area (Å²) in [6.45, 7) is 6.61. The van der Waals surface area contributed by atoms with Gasteiger partial charge in [0.2, 0.25) is 5.89 Å². The van der Waals surface area contributed by atoms with Gasteiger partial charge in [0, 0.05) is 5.56 Å². The minimum absolute atomic E-state index is 0.0864. The summed E-state index contributed by atoms with van der Waals surface area (Å²) in [5.74, 6) is 0.667. The molecule has 124 valence electrons. The summed E-state index contributed by atoms with van der Waals surface area (Å²) < 4.78 is 6.14. The van der Waals surface area contributed by atoms with Crippen molar-refractivity contribution in [3.05, 3.63) is 78.4 Å². The first-order valence-corrected chi connectivity index (χ1v) is 8.58. The van der Waals surface area contributed by atoms with Gasteiger partial charge in [-0.25, -0.2) is 4.98 Å². The smallest absolute Gasteiger partial charge is 0.227 e. The van der Waals surface area contributed by atoms with Crippen LogP contribution in [0.5, 0.6) is 0 Å². The van der Waals surface area contributed by atoms with E-state index in [1.54, 1.807) is 0 Å². The SMILES string of the molecule is CC(C)(C)c1ccc2nc(-c3ccccc3-c3ccccc3)oc2c1. The highest BCUT2D eigenvalue weighted by atomic mass is 16.3. The average molecular weight is 327 g/mol. The standard InChI is InChI=1S/C23H21NO/c1-23(2,3)17-13-14-20-21(15-17)25-22(24-20)19-12-8-7-11-18(19)16-9-5-4-6-10-16/h4-15H,1-3H3. The fraction of sp³-hybridized carbons (Fsp3) is 0.174. The number of aromatic nitrogens is 1. The van der Waals surface area contributed by atoms with Crippen molar-refractivity contribution in [2.45, 2.75) is 26.2 Å². The van der Waals surface area contributed by atoms with Gasteiger partial charge in [0.25, 0.3) is 0 Å². The van der Waals surface area contributed by atoms with E-state index < -0.39 is 0 Å². The van der Waals surface area contributed by atoms with Gasteiger partial charge in [-0.2, -0.15) is 0 Å². The predicted octanol–water partition coefficient (Wildman–Crippen LogP) is 6.46. The predicted molar refractivity (Wildman–Crippen MR) is 104 cm³/mol. The van der Waals surface area contributed by atoms with Crippen molar-refractivity contribution in [3.8, 4) is 22.6 Å². The van der Waals surface area contributed by atoms with Gasteiger partial charge in [-0.15, -0.1) is 0 Å². The number of oxazole rings is 1. The molecule has 4 rings (SSSR count). The maximum Gasteiger partial charge on any atom is 0.227 e. The number of hydrogen-bond donors (Lipinski definition) is 0. The number of benzene rings is 3. The van der Waals surface area contributed by atoms with E-state index in [-0.39, 0.29) is 5.41 Å². The van der Waals surface area contributed by atoms with Crippen LogP contribution in [-0.4, -0.2) is 4.98 Å². The third-order valence-corrected chi connectivity index (χ3v) is 4.50. The first-order chi connectivity index (χ1) is 12.0. The molecular weight excluding hydrogens is 306 g/mol. The lowest BCUT2D eigenvalue weighted by atomic mass is 9.87. The van der Waals surface area contributed by atoms with Gasteiger partial charge in [0.05, 0.1) is 0 Å². The molecule has 0 radical (unpaired) electrons. The van der Waals surface area contributed by atoms with Crippen LogP contribution in [0.1, 0.15) is 26.3 Å². The Labute approximate surface area is 148 Å². The molecule has 0 aliphatic rings.